The van der Waals surface area contributed by atoms with Crippen LogP contribution in [-0.2, 0) is 16.6 Å². The third kappa shape index (κ3) is 6.65. The average Bonchev–Trinajstić information content (AvgIpc) is 3.42. The van der Waals surface area contributed by atoms with Crippen LogP contribution in [0.15, 0.2) is 71.6 Å². The van der Waals surface area contributed by atoms with Crippen molar-refractivity contribution in [3.05, 3.63) is 111 Å². The zero-order valence-electron chi connectivity index (χ0n) is 25.6. The number of aromatic nitrogens is 2. The lowest BCUT2D eigenvalue weighted by Crippen LogP contribution is -2.40. The number of halogens is 3. The number of nitrogens with one attached hydrogen (secondary N) is 1. The van der Waals surface area contributed by atoms with Crippen molar-refractivity contribution in [3.8, 4) is 5.69 Å². The number of sulfonamides is 1. The van der Waals surface area contributed by atoms with E-state index in [1.807, 2.05) is 13.8 Å². The van der Waals surface area contributed by atoms with Crippen LogP contribution in [0.5, 0.6) is 0 Å². The molecule has 2 aliphatic rings. The van der Waals surface area contributed by atoms with Crippen LogP contribution in [0.1, 0.15) is 71.9 Å². The lowest BCUT2D eigenvalue weighted by Gasteiger charge is -2.30. The second-order valence-electron chi connectivity index (χ2n) is 12.2. The first-order valence-corrected chi connectivity index (χ1v) is 17.6. The van der Waals surface area contributed by atoms with Gasteiger partial charge >= 0.3 is 0 Å². The topological polar surface area (TPSA) is 84.3 Å². The lowest BCUT2D eigenvalue weighted by atomic mass is 9.84. The molecule has 1 N–H and O–H groups in total. The Labute approximate surface area is 279 Å². The van der Waals surface area contributed by atoms with Gasteiger partial charge in [-0.1, -0.05) is 72.3 Å². The van der Waals surface area contributed by atoms with Gasteiger partial charge in [0.1, 0.15) is 5.82 Å². The maximum atomic E-state index is 14.1. The van der Waals surface area contributed by atoms with Crippen LogP contribution >= 0.6 is 23.2 Å². The van der Waals surface area contributed by atoms with Crippen LogP contribution in [0, 0.1) is 18.7 Å². The minimum absolute atomic E-state index is 0.0168. The molecule has 1 fully saturated rings. The fourth-order valence-corrected chi connectivity index (χ4v) is 8.24. The number of carbonyl (C=O) groups is 1. The third-order valence-corrected chi connectivity index (χ3v) is 11.3. The Kier molecular flexibility index (Phi) is 9.39. The van der Waals surface area contributed by atoms with Crippen molar-refractivity contribution in [3.63, 3.8) is 0 Å². The Morgan fingerprint density at radius 2 is 1.70 bits per heavy atom. The number of hydrogen-bond donors (Lipinski definition) is 1. The van der Waals surface area contributed by atoms with Crippen LogP contribution in [0.25, 0.3) is 17.3 Å². The number of fused-ring (bicyclic) bond motifs is 1. The first kappa shape index (κ1) is 32.4. The van der Waals surface area contributed by atoms with Crippen LogP contribution in [0.3, 0.4) is 0 Å². The van der Waals surface area contributed by atoms with Gasteiger partial charge in [-0.15, -0.1) is 0 Å². The highest BCUT2D eigenvalue weighted by Gasteiger charge is 2.38. The summed E-state index contributed by atoms with van der Waals surface area (Å²) in [6, 6.07) is 17.5. The number of rotatable bonds is 7. The molecular weight excluding hydrogens is 646 g/mol. The van der Waals surface area contributed by atoms with Gasteiger partial charge in [0.15, 0.2) is 5.69 Å². The van der Waals surface area contributed by atoms with E-state index in [9.17, 15) is 17.6 Å². The van der Waals surface area contributed by atoms with Gasteiger partial charge in [0, 0.05) is 29.7 Å². The number of hydrogen-bond acceptors (Lipinski definition) is 4. The van der Waals surface area contributed by atoms with Gasteiger partial charge in [0.25, 0.3) is 5.91 Å². The van der Waals surface area contributed by atoms with E-state index in [2.05, 4.69) is 5.32 Å². The minimum Gasteiger partial charge on any atom is -0.348 e. The smallest absolute Gasteiger partial charge is 0.272 e. The van der Waals surface area contributed by atoms with Crippen LogP contribution in [0.2, 0.25) is 10.0 Å². The molecule has 0 radical (unpaired) electrons. The molecule has 6 rings (SSSR count). The quantitative estimate of drug-likeness (QED) is 0.214. The van der Waals surface area contributed by atoms with E-state index >= 15 is 0 Å². The summed E-state index contributed by atoms with van der Waals surface area (Å²) in [4.78, 5) is 14.2. The highest BCUT2D eigenvalue weighted by atomic mass is 35.5. The van der Waals surface area contributed by atoms with E-state index in [-0.39, 0.29) is 41.4 Å². The molecule has 0 unspecified atom stereocenters. The number of benzene rings is 3. The van der Waals surface area contributed by atoms with Crippen LogP contribution < -0.4 is 5.32 Å². The summed E-state index contributed by atoms with van der Waals surface area (Å²) in [6.07, 6.45) is 7.35. The van der Waals surface area contributed by atoms with Gasteiger partial charge in [-0.3, -0.25) is 4.79 Å². The van der Waals surface area contributed by atoms with Gasteiger partial charge < -0.3 is 5.32 Å². The predicted molar refractivity (Wildman–Crippen MR) is 180 cm³/mol. The monoisotopic (exact) mass is 680 g/mol. The molecule has 1 aromatic heterocycles. The molecule has 3 aromatic carbocycles. The van der Waals surface area contributed by atoms with E-state index in [4.69, 9.17) is 28.3 Å². The fraction of sp³-hybridized carbons (Fsp3) is 0.314. The summed E-state index contributed by atoms with van der Waals surface area (Å²) in [5, 5.41) is 8.73. The molecule has 0 bridgehead atoms. The molecule has 0 saturated heterocycles. The molecule has 1 aliphatic carbocycles. The molecule has 7 nitrogen and oxygen atoms in total. The normalized spacial score (nSPS) is 17.5. The van der Waals surface area contributed by atoms with Crippen molar-refractivity contribution in [1.82, 2.24) is 19.4 Å². The molecular formula is C35H35Cl2FN4O3S. The Morgan fingerprint density at radius 3 is 2.37 bits per heavy atom. The summed E-state index contributed by atoms with van der Waals surface area (Å²) in [5.74, 6) is -0.415. The van der Waals surface area contributed by atoms with E-state index in [1.165, 1.54) is 22.9 Å². The SMILES string of the molecule is Cc1ccc(S(=O)(=O)N2CC(=Cc3ccc(F)cc3)c3c(c(C(=O)N[C@H](C)C4CCCCC4)nn3-c3ccc(Cl)cc3Cl)C2)cc1. The van der Waals surface area contributed by atoms with E-state index in [1.54, 1.807) is 65.4 Å². The maximum absolute atomic E-state index is 14.1. The number of nitrogens with zero attached hydrogens (tertiary/aromatic N) is 3. The molecule has 4 aromatic rings. The minimum atomic E-state index is -3.98. The molecule has 1 atom stereocenters. The second kappa shape index (κ2) is 13.3. The number of aryl methyl sites for hydroxylation is 1. The average molecular weight is 682 g/mol. The lowest BCUT2D eigenvalue weighted by molar-refractivity contribution is 0.0912. The van der Waals surface area contributed by atoms with Crippen LogP contribution in [0.4, 0.5) is 4.39 Å². The first-order valence-electron chi connectivity index (χ1n) is 15.4. The second-order valence-corrected chi connectivity index (χ2v) is 14.9. The Hall–Kier alpha value is -3.50. The number of amides is 1. The van der Waals surface area contributed by atoms with E-state index in [0.717, 1.165) is 31.2 Å². The standard InChI is InChI=1S/C35H35Cl2FN4O3S/c1-22-8-15-29(16-9-22)46(44,45)41-20-26(18-24-10-13-28(38)14-11-24)34-30(21-41)33(35(43)39-23(2)25-6-4-3-5-7-25)40-42(34)32-17-12-27(36)19-31(32)37/h8-19,23,25H,3-7,20-21H2,1-2H3,(H,39,43)/t23-/m1/s1. The fourth-order valence-electron chi connectivity index (χ4n) is 6.37. The zero-order chi connectivity index (χ0) is 32.6. The van der Waals surface area contributed by atoms with Crippen molar-refractivity contribution in [2.75, 3.05) is 6.54 Å². The van der Waals surface area contributed by atoms with Crippen LogP contribution in [-0.4, -0.2) is 41.0 Å². The van der Waals surface area contributed by atoms with Crippen molar-refractivity contribution >= 4 is 50.8 Å². The molecule has 1 aliphatic heterocycles. The molecule has 1 saturated carbocycles. The van der Waals surface area contributed by atoms with Crippen molar-refractivity contribution < 1.29 is 17.6 Å². The van der Waals surface area contributed by atoms with Gasteiger partial charge in [-0.2, -0.15) is 9.40 Å². The summed E-state index contributed by atoms with van der Waals surface area (Å²) in [6.45, 7) is 3.80. The molecule has 240 valence electrons. The first-order chi connectivity index (χ1) is 22.0. The summed E-state index contributed by atoms with van der Waals surface area (Å²) in [7, 11) is -3.98. The third-order valence-electron chi connectivity index (χ3n) is 8.91. The van der Waals surface area contributed by atoms with Gasteiger partial charge in [-0.25, -0.2) is 17.5 Å². The Balaban J connectivity index is 1.52. The van der Waals surface area contributed by atoms with Gasteiger partial charge in [-0.05, 0) is 92.3 Å². The predicted octanol–water partition coefficient (Wildman–Crippen LogP) is 8.07. The van der Waals surface area contributed by atoms with E-state index in [0.29, 0.717) is 44.0 Å². The number of carbonyl (C=O) groups excluding carboxylic acids is 1. The van der Waals surface area contributed by atoms with Gasteiger partial charge in [0.05, 0.1) is 21.3 Å². The summed E-state index contributed by atoms with van der Waals surface area (Å²) >= 11 is 12.9. The summed E-state index contributed by atoms with van der Waals surface area (Å²) in [5.41, 5.74) is 3.78. The molecule has 46 heavy (non-hydrogen) atoms. The molecule has 11 heteroatoms. The zero-order valence-corrected chi connectivity index (χ0v) is 28.0. The van der Waals surface area contributed by atoms with Crippen molar-refractivity contribution in [1.29, 1.82) is 0 Å². The van der Waals surface area contributed by atoms with E-state index < -0.39 is 10.0 Å². The largest absolute Gasteiger partial charge is 0.348 e. The maximum Gasteiger partial charge on any atom is 0.272 e. The van der Waals surface area contributed by atoms with Gasteiger partial charge in [0.2, 0.25) is 10.0 Å². The molecule has 0 spiro atoms. The summed E-state index contributed by atoms with van der Waals surface area (Å²) < 4.78 is 44.9. The molecule has 1 amide bonds. The Morgan fingerprint density at radius 1 is 1.00 bits per heavy atom. The highest BCUT2D eigenvalue weighted by molar-refractivity contribution is 7.89. The highest BCUT2D eigenvalue weighted by Crippen LogP contribution is 2.38. The van der Waals surface area contributed by atoms with Crippen molar-refractivity contribution in [2.24, 2.45) is 5.92 Å². The molecule has 2 heterocycles. The Bertz CT molecular complexity index is 1900. The van der Waals surface area contributed by atoms with Crippen molar-refractivity contribution in [2.45, 2.75) is 63.4 Å².